The van der Waals surface area contributed by atoms with Crippen LogP contribution in [0.1, 0.15) is 0 Å². The van der Waals surface area contributed by atoms with Crippen LogP contribution in [0.25, 0.3) is 81.0 Å². The summed E-state index contributed by atoms with van der Waals surface area (Å²) >= 11 is 1.85. The summed E-state index contributed by atoms with van der Waals surface area (Å²) in [4.78, 5) is 2.56. The molecule has 0 unspecified atom stereocenters. The lowest BCUT2D eigenvalue weighted by molar-refractivity contribution is 1.18. The van der Waals surface area contributed by atoms with Crippen molar-refractivity contribution in [1.29, 1.82) is 0 Å². The minimum atomic E-state index is 1.19. The van der Waals surface area contributed by atoms with Crippen molar-refractivity contribution in [3.8, 4) is 37.7 Å². The van der Waals surface area contributed by atoms with E-state index in [0.29, 0.717) is 0 Å². The zero-order chi connectivity index (χ0) is 29.0. The van der Waals surface area contributed by atoms with Crippen molar-refractivity contribution in [2.75, 3.05) is 0 Å². The van der Waals surface area contributed by atoms with Crippen LogP contribution in [0.2, 0.25) is 0 Å². The van der Waals surface area contributed by atoms with Gasteiger partial charge in [-0.25, -0.2) is 0 Å². The maximum absolute atomic E-state index is 2.37. The van der Waals surface area contributed by atoms with Gasteiger partial charge in [0.05, 0.1) is 11.0 Å². The van der Waals surface area contributed by atoms with Gasteiger partial charge in [-0.1, -0.05) is 115 Å². The molecule has 0 spiro atoms. The molecule has 0 fully saturated rings. The summed E-state index contributed by atoms with van der Waals surface area (Å²) in [5.41, 5.74) is 8.64. The van der Waals surface area contributed by atoms with E-state index < -0.39 is 0 Å². The first-order valence-electron chi connectivity index (χ1n) is 15.0. The van der Waals surface area contributed by atoms with E-state index in [1.807, 2.05) is 11.3 Å². The van der Waals surface area contributed by atoms with Crippen molar-refractivity contribution in [3.05, 3.63) is 164 Å². The molecule has 206 valence electrons. The van der Waals surface area contributed by atoms with Gasteiger partial charge in [0.25, 0.3) is 0 Å². The number of para-hydroxylation sites is 2. The van der Waals surface area contributed by atoms with Crippen LogP contribution in [0.4, 0.5) is 0 Å². The number of benzene rings is 7. The second-order valence-corrected chi connectivity index (χ2v) is 12.5. The lowest BCUT2D eigenvalue weighted by Gasteiger charge is -2.08. The Morgan fingerprint density at radius 2 is 0.955 bits per heavy atom. The summed E-state index contributed by atoms with van der Waals surface area (Å²) in [5, 5.41) is 7.73. The fraction of sp³-hybridized carbons (Fsp3) is 0. The predicted molar refractivity (Wildman–Crippen MR) is 190 cm³/mol. The first kappa shape index (κ1) is 25.1. The van der Waals surface area contributed by atoms with Crippen molar-refractivity contribution in [2.24, 2.45) is 0 Å². The third-order valence-corrected chi connectivity index (χ3v) is 10.0. The molecule has 0 aliphatic heterocycles. The van der Waals surface area contributed by atoms with E-state index in [1.165, 1.54) is 81.0 Å². The molecule has 0 saturated carbocycles. The Morgan fingerprint density at radius 3 is 1.82 bits per heavy atom. The smallest absolute Gasteiger partial charge is 0.0541 e. The molecule has 0 amide bonds. The summed E-state index contributed by atoms with van der Waals surface area (Å²) in [6.07, 6.45) is 0. The van der Waals surface area contributed by atoms with E-state index in [1.54, 1.807) is 0 Å². The molecule has 44 heavy (non-hydrogen) atoms. The second-order valence-electron chi connectivity index (χ2n) is 11.4. The Hall–Kier alpha value is -5.44. The maximum atomic E-state index is 2.37. The average Bonchev–Trinajstić information content (AvgIpc) is 3.72. The van der Waals surface area contributed by atoms with Gasteiger partial charge in [0, 0.05) is 26.2 Å². The highest BCUT2D eigenvalue weighted by Gasteiger charge is 2.14. The molecular weight excluding hydrogens is 551 g/mol. The zero-order valence-corrected chi connectivity index (χ0v) is 24.8. The monoisotopic (exact) mass is 577 g/mol. The first-order chi connectivity index (χ1) is 21.8. The maximum Gasteiger partial charge on any atom is 0.0541 e. The van der Waals surface area contributed by atoms with Crippen LogP contribution in [0.5, 0.6) is 0 Å². The molecule has 0 saturated heterocycles. The molecule has 7 aromatic carbocycles. The van der Waals surface area contributed by atoms with Crippen LogP contribution in [-0.2, 0) is 0 Å². The van der Waals surface area contributed by atoms with Gasteiger partial charge in [-0.15, -0.1) is 11.3 Å². The summed E-state index contributed by atoms with van der Waals surface area (Å²) in [6.45, 7) is 0. The SMILES string of the molecule is c1ccc(-n2c3ccccc3c3cc(-c4ccc(-c5ccc(-c6ccc7c(ccc8ccccc87)c6)cc5)s4)ccc32)cc1. The number of rotatable bonds is 4. The van der Waals surface area contributed by atoms with Crippen LogP contribution < -0.4 is 0 Å². The Balaban J connectivity index is 1.05. The Morgan fingerprint density at radius 1 is 0.341 bits per heavy atom. The van der Waals surface area contributed by atoms with Gasteiger partial charge in [0.15, 0.2) is 0 Å². The van der Waals surface area contributed by atoms with Crippen molar-refractivity contribution in [1.82, 2.24) is 4.57 Å². The Bertz CT molecular complexity index is 2480. The quantitative estimate of drug-likeness (QED) is 0.183. The van der Waals surface area contributed by atoms with Crippen LogP contribution >= 0.6 is 11.3 Å². The fourth-order valence-corrected chi connectivity index (χ4v) is 7.66. The summed E-state index contributed by atoms with van der Waals surface area (Å²) < 4.78 is 2.37. The highest BCUT2D eigenvalue weighted by molar-refractivity contribution is 7.18. The van der Waals surface area contributed by atoms with E-state index in [-0.39, 0.29) is 0 Å². The molecule has 2 heteroatoms. The third-order valence-electron chi connectivity index (χ3n) is 8.83. The molecule has 1 nitrogen and oxygen atoms in total. The molecule has 0 aliphatic rings. The van der Waals surface area contributed by atoms with Gasteiger partial charge in [-0.05, 0) is 92.3 Å². The molecule has 2 heterocycles. The largest absolute Gasteiger partial charge is 0.309 e. The van der Waals surface area contributed by atoms with Crippen LogP contribution in [0.3, 0.4) is 0 Å². The lowest BCUT2D eigenvalue weighted by Crippen LogP contribution is -1.92. The number of hydrogen-bond acceptors (Lipinski definition) is 1. The minimum Gasteiger partial charge on any atom is -0.309 e. The standard InChI is InChI=1S/C42H27NS/c1-2-9-34(10-3-1)43-39-13-7-6-12-37(39)38-27-33(21-23-40(38)43)42-25-24-41(44-42)30-17-14-28(15-18-30)31-20-22-36-32(26-31)19-16-29-8-4-5-11-35(29)36/h1-27H. The highest BCUT2D eigenvalue weighted by atomic mass is 32.1. The summed E-state index contributed by atoms with van der Waals surface area (Å²) in [6, 6.07) is 59.7. The summed E-state index contributed by atoms with van der Waals surface area (Å²) in [7, 11) is 0. The lowest BCUT2D eigenvalue weighted by atomic mass is 9.97. The van der Waals surface area contributed by atoms with Crippen LogP contribution in [-0.4, -0.2) is 4.57 Å². The molecule has 0 aliphatic carbocycles. The number of thiophene rings is 1. The molecule has 0 N–H and O–H groups in total. The topological polar surface area (TPSA) is 4.93 Å². The predicted octanol–water partition coefficient (Wildman–Crippen LogP) is 12.2. The van der Waals surface area contributed by atoms with E-state index in [4.69, 9.17) is 0 Å². The van der Waals surface area contributed by atoms with Gasteiger partial charge in [0.1, 0.15) is 0 Å². The molecule has 2 aromatic heterocycles. The van der Waals surface area contributed by atoms with E-state index in [9.17, 15) is 0 Å². The normalized spacial score (nSPS) is 11.6. The van der Waals surface area contributed by atoms with Crippen molar-refractivity contribution in [2.45, 2.75) is 0 Å². The molecule has 0 bridgehead atoms. The Labute approximate surface area is 259 Å². The number of fused-ring (bicyclic) bond motifs is 6. The molecular formula is C42H27NS. The minimum absolute atomic E-state index is 1.19. The highest BCUT2D eigenvalue weighted by Crippen LogP contribution is 2.39. The fourth-order valence-electron chi connectivity index (χ4n) is 6.65. The number of hydrogen-bond donors (Lipinski definition) is 0. The van der Waals surface area contributed by atoms with Gasteiger partial charge < -0.3 is 4.57 Å². The number of aromatic nitrogens is 1. The second kappa shape index (κ2) is 10.1. The van der Waals surface area contributed by atoms with E-state index in [0.717, 1.165) is 0 Å². The molecule has 0 radical (unpaired) electrons. The first-order valence-corrected chi connectivity index (χ1v) is 15.8. The molecule has 9 rings (SSSR count). The average molecular weight is 578 g/mol. The van der Waals surface area contributed by atoms with E-state index in [2.05, 4.69) is 168 Å². The Kier molecular flexibility index (Phi) is 5.75. The van der Waals surface area contributed by atoms with E-state index >= 15 is 0 Å². The van der Waals surface area contributed by atoms with Crippen molar-refractivity contribution >= 4 is 54.7 Å². The molecule has 9 aromatic rings. The summed E-state index contributed by atoms with van der Waals surface area (Å²) in [5.74, 6) is 0. The van der Waals surface area contributed by atoms with Gasteiger partial charge >= 0.3 is 0 Å². The van der Waals surface area contributed by atoms with Gasteiger partial charge in [0.2, 0.25) is 0 Å². The van der Waals surface area contributed by atoms with Crippen molar-refractivity contribution < 1.29 is 0 Å². The van der Waals surface area contributed by atoms with Crippen molar-refractivity contribution in [3.63, 3.8) is 0 Å². The number of nitrogens with zero attached hydrogens (tertiary/aromatic N) is 1. The van der Waals surface area contributed by atoms with Crippen LogP contribution in [0, 0.1) is 0 Å². The van der Waals surface area contributed by atoms with Gasteiger partial charge in [-0.3, -0.25) is 0 Å². The van der Waals surface area contributed by atoms with Gasteiger partial charge in [-0.2, -0.15) is 0 Å². The third kappa shape index (κ3) is 4.07. The zero-order valence-electron chi connectivity index (χ0n) is 23.9. The van der Waals surface area contributed by atoms with Crippen LogP contribution in [0.15, 0.2) is 164 Å². The molecule has 0 atom stereocenters.